The Hall–Kier alpha value is -1.31. The molecule has 0 saturated heterocycles. The van der Waals surface area contributed by atoms with Gasteiger partial charge in [-0.05, 0) is 51.2 Å². The molecule has 0 heterocycles. The van der Waals surface area contributed by atoms with Crippen molar-refractivity contribution >= 4 is 5.97 Å². The number of carbonyl (C=O) groups is 1. The number of benzene rings is 1. The maximum absolute atomic E-state index is 11.2. The van der Waals surface area contributed by atoms with E-state index in [1.807, 2.05) is 6.92 Å². The van der Waals surface area contributed by atoms with Crippen molar-refractivity contribution in [3.63, 3.8) is 0 Å². The lowest BCUT2D eigenvalue weighted by atomic mass is 9.99. The maximum Gasteiger partial charge on any atom is 0.305 e. The standard InChI is InChI=1S/C18H28O2/c1-4-20-18(19)11-9-7-5-6-8-10-17-13-12-15(2)14-16(17)3/h12-14H,4-11H2,1-3H3. The molecule has 0 radical (unpaired) electrons. The van der Waals surface area contributed by atoms with Gasteiger partial charge in [-0.2, -0.15) is 0 Å². The van der Waals surface area contributed by atoms with Crippen molar-refractivity contribution in [2.75, 3.05) is 6.61 Å². The molecule has 0 amide bonds. The predicted octanol–water partition coefficient (Wildman–Crippen LogP) is 4.75. The zero-order valence-corrected chi connectivity index (χ0v) is 13.2. The van der Waals surface area contributed by atoms with E-state index in [0.29, 0.717) is 13.0 Å². The number of esters is 1. The number of hydrogen-bond acceptors (Lipinski definition) is 2. The average Bonchev–Trinajstić information content (AvgIpc) is 2.40. The van der Waals surface area contributed by atoms with Gasteiger partial charge in [0.2, 0.25) is 0 Å². The topological polar surface area (TPSA) is 26.3 Å². The van der Waals surface area contributed by atoms with Gasteiger partial charge in [-0.25, -0.2) is 0 Å². The molecule has 0 aliphatic carbocycles. The molecule has 0 N–H and O–H groups in total. The minimum absolute atomic E-state index is 0.0530. The summed E-state index contributed by atoms with van der Waals surface area (Å²) in [7, 11) is 0. The summed E-state index contributed by atoms with van der Waals surface area (Å²) in [5.74, 6) is -0.0530. The normalized spacial score (nSPS) is 10.6. The fraction of sp³-hybridized carbons (Fsp3) is 0.611. The summed E-state index contributed by atoms with van der Waals surface area (Å²) >= 11 is 0. The number of rotatable bonds is 9. The zero-order chi connectivity index (χ0) is 14.8. The van der Waals surface area contributed by atoms with Gasteiger partial charge in [0, 0.05) is 6.42 Å². The van der Waals surface area contributed by atoms with Gasteiger partial charge in [-0.1, -0.05) is 43.0 Å². The van der Waals surface area contributed by atoms with Crippen LogP contribution >= 0.6 is 0 Å². The Labute approximate surface area is 123 Å². The summed E-state index contributed by atoms with van der Waals surface area (Å²) in [5.41, 5.74) is 4.22. The van der Waals surface area contributed by atoms with Crippen LogP contribution in [0.4, 0.5) is 0 Å². The van der Waals surface area contributed by atoms with Gasteiger partial charge in [0.25, 0.3) is 0 Å². The minimum Gasteiger partial charge on any atom is -0.466 e. The quantitative estimate of drug-likeness (QED) is 0.480. The maximum atomic E-state index is 11.2. The molecule has 0 unspecified atom stereocenters. The molecule has 2 nitrogen and oxygen atoms in total. The molecule has 20 heavy (non-hydrogen) atoms. The number of ether oxygens (including phenoxy) is 1. The lowest BCUT2D eigenvalue weighted by molar-refractivity contribution is -0.143. The highest BCUT2D eigenvalue weighted by molar-refractivity contribution is 5.69. The SMILES string of the molecule is CCOC(=O)CCCCCCCc1ccc(C)cc1C. The molecule has 1 rings (SSSR count). The number of unbranched alkanes of at least 4 members (excludes halogenated alkanes) is 4. The third-order valence-electron chi connectivity index (χ3n) is 3.63. The van der Waals surface area contributed by atoms with Gasteiger partial charge in [0.05, 0.1) is 6.61 Å². The Morgan fingerprint density at radius 3 is 2.45 bits per heavy atom. The van der Waals surface area contributed by atoms with E-state index >= 15 is 0 Å². The molecular weight excluding hydrogens is 248 g/mol. The molecule has 2 heteroatoms. The van der Waals surface area contributed by atoms with Gasteiger partial charge in [-0.3, -0.25) is 4.79 Å². The van der Waals surface area contributed by atoms with Gasteiger partial charge in [0.15, 0.2) is 0 Å². The summed E-state index contributed by atoms with van der Waals surface area (Å²) in [6.07, 6.45) is 7.53. The van der Waals surface area contributed by atoms with Crippen LogP contribution in [0.5, 0.6) is 0 Å². The van der Waals surface area contributed by atoms with Gasteiger partial charge in [0.1, 0.15) is 0 Å². The Kier molecular flexibility index (Phi) is 8.01. The first-order valence-electron chi connectivity index (χ1n) is 7.85. The van der Waals surface area contributed by atoms with E-state index in [0.717, 1.165) is 12.8 Å². The van der Waals surface area contributed by atoms with Crippen LogP contribution in [-0.2, 0) is 16.0 Å². The van der Waals surface area contributed by atoms with Crippen molar-refractivity contribution in [2.24, 2.45) is 0 Å². The highest BCUT2D eigenvalue weighted by atomic mass is 16.5. The second-order valence-corrected chi connectivity index (χ2v) is 5.50. The second-order valence-electron chi connectivity index (χ2n) is 5.50. The first kappa shape index (κ1) is 16.7. The van der Waals surface area contributed by atoms with Crippen LogP contribution in [0.1, 0.15) is 62.1 Å². The van der Waals surface area contributed by atoms with Crippen LogP contribution < -0.4 is 0 Å². The molecule has 0 saturated carbocycles. The Balaban J connectivity index is 2.06. The van der Waals surface area contributed by atoms with Crippen LogP contribution in [0.3, 0.4) is 0 Å². The highest BCUT2D eigenvalue weighted by Crippen LogP contribution is 2.15. The highest BCUT2D eigenvalue weighted by Gasteiger charge is 2.01. The smallest absolute Gasteiger partial charge is 0.305 e. The molecule has 0 spiro atoms. The molecule has 0 fully saturated rings. The number of hydrogen-bond donors (Lipinski definition) is 0. The summed E-state index contributed by atoms with van der Waals surface area (Å²) in [6, 6.07) is 6.71. The molecule has 0 aliphatic heterocycles. The van der Waals surface area contributed by atoms with Crippen LogP contribution in [0.25, 0.3) is 0 Å². The van der Waals surface area contributed by atoms with Crippen LogP contribution in [-0.4, -0.2) is 12.6 Å². The van der Waals surface area contributed by atoms with E-state index in [1.165, 1.54) is 42.4 Å². The largest absolute Gasteiger partial charge is 0.466 e. The van der Waals surface area contributed by atoms with Crippen molar-refractivity contribution in [1.29, 1.82) is 0 Å². The minimum atomic E-state index is -0.0530. The van der Waals surface area contributed by atoms with E-state index in [1.54, 1.807) is 0 Å². The van der Waals surface area contributed by atoms with Crippen molar-refractivity contribution < 1.29 is 9.53 Å². The molecule has 0 bridgehead atoms. The summed E-state index contributed by atoms with van der Waals surface area (Å²) in [6.45, 7) is 6.68. The summed E-state index contributed by atoms with van der Waals surface area (Å²) in [5, 5.41) is 0. The molecule has 112 valence electrons. The van der Waals surface area contributed by atoms with Gasteiger partial charge in [-0.15, -0.1) is 0 Å². The first-order valence-corrected chi connectivity index (χ1v) is 7.85. The predicted molar refractivity (Wildman–Crippen MR) is 84.0 cm³/mol. The van der Waals surface area contributed by atoms with E-state index in [-0.39, 0.29) is 5.97 Å². The third-order valence-corrected chi connectivity index (χ3v) is 3.63. The Morgan fingerprint density at radius 2 is 1.75 bits per heavy atom. The van der Waals surface area contributed by atoms with Crippen molar-refractivity contribution in [3.8, 4) is 0 Å². The van der Waals surface area contributed by atoms with Gasteiger partial charge >= 0.3 is 5.97 Å². The molecular formula is C18H28O2. The molecule has 1 aromatic rings. The summed E-state index contributed by atoms with van der Waals surface area (Å²) < 4.78 is 4.91. The molecule has 1 aromatic carbocycles. The first-order chi connectivity index (χ1) is 9.63. The number of carbonyl (C=O) groups excluding carboxylic acids is 1. The Morgan fingerprint density at radius 1 is 1.05 bits per heavy atom. The Bertz CT molecular complexity index is 410. The van der Waals surface area contributed by atoms with Gasteiger partial charge < -0.3 is 4.74 Å². The average molecular weight is 276 g/mol. The van der Waals surface area contributed by atoms with Crippen molar-refractivity contribution in [3.05, 3.63) is 34.9 Å². The number of aryl methyl sites for hydroxylation is 3. The monoisotopic (exact) mass is 276 g/mol. The van der Waals surface area contributed by atoms with E-state index in [4.69, 9.17) is 4.74 Å². The second kappa shape index (κ2) is 9.57. The third kappa shape index (κ3) is 6.74. The fourth-order valence-electron chi connectivity index (χ4n) is 2.47. The van der Waals surface area contributed by atoms with E-state index in [9.17, 15) is 4.79 Å². The fourth-order valence-corrected chi connectivity index (χ4v) is 2.47. The van der Waals surface area contributed by atoms with Crippen LogP contribution in [0, 0.1) is 13.8 Å². The van der Waals surface area contributed by atoms with Crippen LogP contribution in [0.15, 0.2) is 18.2 Å². The van der Waals surface area contributed by atoms with Crippen molar-refractivity contribution in [1.82, 2.24) is 0 Å². The lowest BCUT2D eigenvalue weighted by Crippen LogP contribution is -2.03. The summed E-state index contributed by atoms with van der Waals surface area (Å²) in [4.78, 5) is 11.2. The molecule has 0 atom stereocenters. The van der Waals surface area contributed by atoms with E-state index < -0.39 is 0 Å². The van der Waals surface area contributed by atoms with E-state index in [2.05, 4.69) is 32.0 Å². The van der Waals surface area contributed by atoms with Crippen molar-refractivity contribution in [2.45, 2.75) is 65.7 Å². The molecule has 0 aromatic heterocycles. The lowest BCUT2D eigenvalue weighted by Gasteiger charge is -2.07. The molecule has 0 aliphatic rings. The van der Waals surface area contributed by atoms with Crippen LogP contribution in [0.2, 0.25) is 0 Å². The zero-order valence-electron chi connectivity index (χ0n) is 13.2.